The molecule has 0 aromatic carbocycles. The van der Waals surface area contributed by atoms with Crippen molar-refractivity contribution in [3.05, 3.63) is 0 Å². The van der Waals surface area contributed by atoms with Gasteiger partial charge in [-0.25, -0.2) is 0 Å². The summed E-state index contributed by atoms with van der Waals surface area (Å²) in [5.74, 6) is 0. The third-order valence-electron chi connectivity index (χ3n) is 5.65. The first-order valence-electron chi connectivity index (χ1n) is 11.7. The Morgan fingerprint density at radius 2 is 0.778 bits per heavy atom. The third-order valence-corrected chi connectivity index (χ3v) is 14.5. The third kappa shape index (κ3) is 11.2. The van der Waals surface area contributed by atoms with E-state index in [9.17, 15) is 0 Å². The number of hydrogen-bond acceptors (Lipinski definition) is 1. The second-order valence-corrected chi connectivity index (χ2v) is 15.6. The molecule has 156 valence electrons. The van der Waals surface area contributed by atoms with Crippen LogP contribution in [0.5, 0.6) is 0 Å². The summed E-state index contributed by atoms with van der Waals surface area (Å²) in [6.07, 6.45) is 27.1. The molecule has 0 atom stereocenters. The number of terminal acetylenes is 2. The van der Waals surface area contributed by atoms with E-state index in [4.69, 9.17) is 17.0 Å². The minimum absolute atomic E-state index is 1.11. The van der Waals surface area contributed by atoms with Crippen molar-refractivity contribution in [2.45, 2.75) is 129 Å². The van der Waals surface area contributed by atoms with Crippen molar-refractivity contribution >= 4 is 16.6 Å². The maximum atomic E-state index is 7.12. The summed E-state index contributed by atoms with van der Waals surface area (Å²) < 4.78 is 7.12. The van der Waals surface area contributed by atoms with E-state index in [1.54, 1.807) is 0 Å². The fraction of sp³-hybridized carbons (Fsp3) is 0.833. The number of unbranched alkanes of at least 4 members (excludes halogenated alkanes) is 8. The predicted octanol–water partition coefficient (Wildman–Crippen LogP) is 8.00. The molecule has 27 heavy (non-hydrogen) atoms. The van der Waals surface area contributed by atoms with Crippen LogP contribution in [0.4, 0.5) is 0 Å². The van der Waals surface area contributed by atoms with Gasteiger partial charge in [0, 0.05) is 0 Å². The molecule has 1 nitrogen and oxygen atoms in total. The van der Waals surface area contributed by atoms with Crippen molar-refractivity contribution in [3.63, 3.8) is 0 Å². The molecule has 0 aliphatic heterocycles. The summed E-state index contributed by atoms with van der Waals surface area (Å²) in [5.41, 5.74) is 6.52. The largest absolute Gasteiger partial charge is 0.437 e. The zero-order valence-corrected chi connectivity index (χ0v) is 20.9. The Labute approximate surface area is 173 Å². The van der Waals surface area contributed by atoms with Crippen molar-refractivity contribution in [3.8, 4) is 23.9 Å². The van der Waals surface area contributed by atoms with Crippen LogP contribution in [0.15, 0.2) is 0 Å². The molecule has 0 saturated carbocycles. The lowest BCUT2D eigenvalue weighted by Crippen LogP contribution is -2.50. The molecule has 0 aliphatic rings. The monoisotopic (exact) mass is 406 g/mol. The molecular weight excluding hydrogens is 360 g/mol. The van der Waals surface area contributed by atoms with Crippen molar-refractivity contribution < 1.29 is 4.12 Å². The van der Waals surface area contributed by atoms with E-state index in [1.165, 1.54) is 77.0 Å². The molecule has 0 spiro atoms. The van der Waals surface area contributed by atoms with E-state index in [-0.39, 0.29) is 0 Å². The van der Waals surface area contributed by atoms with Gasteiger partial charge in [0.25, 0.3) is 16.6 Å². The highest BCUT2D eigenvalue weighted by molar-refractivity contribution is 6.94. The number of hydrogen-bond donors (Lipinski definition) is 0. The standard InChI is InChI=1S/C24H46OSi2/c1-7-13-17-21-26(11-5,22-18-14-8-2)25-27(12-6,23-19-15-9-3)24-20-16-10-4/h5-6H,7-10,13-24H2,1-4H3. The van der Waals surface area contributed by atoms with Crippen molar-refractivity contribution in [1.82, 2.24) is 0 Å². The lowest BCUT2D eigenvalue weighted by atomic mass is 10.3. The average Bonchev–Trinajstić information content (AvgIpc) is 2.68. The molecule has 0 N–H and O–H groups in total. The van der Waals surface area contributed by atoms with Crippen molar-refractivity contribution in [1.29, 1.82) is 0 Å². The van der Waals surface area contributed by atoms with Gasteiger partial charge in [0.2, 0.25) is 0 Å². The van der Waals surface area contributed by atoms with Crippen LogP contribution >= 0.6 is 0 Å². The zero-order valence-electron chi connectivity index (χ0n) is 18.9. The Bertz CT molecular complexity index is 373. The van der Waals surface area contributed by atoms with Crippen LogP contribution in [0.25, 0.3) is 0 Å². The molecule has 0 aromatic heterocycles. The average molecular weight is 407 g/mol. The first kappa shape index (κ1) is 26.5. The van der Waals surface area contributed by atoms with Crippen LogP contribution in [0.1, 0.15) is 105 Å². The summed E-state index contributed by atoms with van der Waals surface area (Å²) in [5, 5.41) is 0. The van der Waals surface area contributed by atoms with Crippen LogP contribution in [-0.2, 0) is 4.12 Å². The van der Waals surface area contributed by atoms with Gasteiger partial charge in [0.1, 0.15) is 0 Å². The Kier molecular flexibility index (Phi) is 16.2. The maximum absolute atomic E-state index is 7.12. The lowest BCUT2D eigenvalue weighted by Gasteiger charge is -2.37. The molecule has 0 saturated heterocycles. The fourth-order valence-corrected chi connectivity index (χ4v) is 13.3. The van der Waals surface area contributed by atoms with Gasteiger partial charge in [-0.05, 0) is 24.2 Å². The highest BCUT2D eigenvalue weighted by Gasteiger charge is 2.43. The van der Waals surface area contributed by atoms with Crippen molar-refractivity contribution in [2.24, 2.45) is 0 Å². The first-order valence-corrected chi connectivity index (χ1v) is 16.4. The minimum Gasteiger partial charge on any atom is -0.437 e. The van der Waals surface area contributed by atoms with Gasteiger partial charge in [-0.3, -0.25) is 0 Å². The molecule has 0 amide bonds. The molecule has 0 aromatic rings. The Hall–Kier alpha value is -0.486. The summed E-state index contributed by atoms with van der Waals surface area (Å²) in [6, 6.07) is 4.44. The number of rotatable bonds is 18. The first-order chi connectivity index (χ1) is 13.1. The SMILES string of the molecule is C#C[Si](CCCCC)(CCCCC)O[Si](C#C)(CCCCC)CCCCC. The highest BCUT2D eigenvalue weighted by atomic mass is 28.4. The molecular formula is C24H46OSi2. The maximum Gasteiger partial charge on any atom is 0.262 e. The molecule has 0 heterocycles. The van der Waals surface area contributed by atoms with E-state index >= 15 is 0 Å². The topological polar surface area (TPSA) is 9.23 Å². The van der Waals surface area contributed by atoms with Gasteiger partial charge in [-0.1, -0.05) is 105 Å². The second kappa shape index (κ2) is 16.5. The molecule has 0 aliphatic carbocycles. The Morgan fingerprint density at radius 3 is 0.963 bits per heavy atom. The normalized spacial score (nSPS) is 11.9. The van der Waals surface area contributed by atoms with Gasteiger partial charge in [-0.2, -0.15) is 0 Å². The summed E-state index contributed by atoms with van der Waals surface area (Å²) in [6.45, 7) is 9.03. The van der Waals surface area contributed by atoms with Gasteiger partial charge >= 0.3 is 0 Å². The molecule has 0 bridgehead atoms. The smallest absolute Gasteiger partial charge is 0.262 e. The molecule has 0 fully saturated rings. The van der Waals surface area contributed by atoms with Crippen LogP contribution in [-0.4, -0.2) is 16.6 Å². The van der Waals surface area contributed by atoms with Gasteiger partial charge in [0.05, 0.1) is 0 Å². The molecule has 0 rings (SSSR count). The van der Waals surface area contributed by atoms with E-state index < -0.39 is 16.6 Å². The lowest BCUT2D eigenvalue weighted by molar-refractivity contribution is 0.512. The quantitative estimate of drug-likeness (QED) is 0.127. The van der Waals surface area contributed by atoms with Crippen molar-refractivity contribution in [2.75, 3.05) is 0 Å². The summed E-state index contributed by atoms with van der Waals surface area (Å²) in [7, 11) is -4.35. The second-order valence-electron chi connectivity index (χ2n) is 8.21. The fourth-order valence-electron chi connectivity index (χ4n) is 3.82. The van der Waals surface area contributed by atoms with E-state index in [2.05, 4.69) is 38.8 Å². The van der Waals surface area contributed by atoms with Gasteiger partial charge in [0.15, 0.2) is 0 Å². The van der Waals surface area contributed by atoms with Crippen LogP contribution in [0.3, 0.4) is 0 Å². The minimum atomic E-state index is -2.17. The van der Waals surface area contributed by atoms with E-state index in [0.29, 0.717) is 0 Å². The Morgan fingerprint density at radius 1 is 0.519 bits per heavy atom. The van der Waals surface area contributed by atoms with Crippen LogP contribution in [0.2, 0.25) is 24.2 Å². The molecule has 0 unspecified atom stereocenters. The summed E-state index contributed by atoms with van der Waals surface area (Å²) >= 11 is 0. The van der Waals surface area contributed by atoms with E-state index in [1.807, 2.05) is 0 Å². The van der Waals surface area contributed by atoms with Gasteiger partial charge < -0.3 is 4.12 Å². The molecule has 3 heteroatoms. The Balaban J connectivity index is 5.41. The summed E-state index contributed by atoms with van der Waals surface area (Å²) in [4.78, 5) is 0. The zero-order chi connectivity index (χ0) is 20.4. The predicted molar refractivity (Wildman–Crippen MR) is 128 cm³/mol. The van der Waals surface area contributed by atoms with E-state index in [0.717, 1.165) is 24.2 Å². The van der Waals surface area contributed by atoms with Gasteiger partial charge in [-0.15, -0.1) is 23.9 Å². The molecule has 0 radical (unpaired) electrons. The van der Waals surface area contributed by atoms with Crippen LogP contribution in [0, 0.1) is 23.9 Å². The highest BCUT2D eigenvalue weighted by Crippen LogP contribution is 2.32. The van der Waals surface area contributed by atoms with Crippen LogP contribution < -0.4 is 0 Å².